The molecular formula is C19H19F3N4O3. The third-order valence-corrected chi connectivity index (χ3v) is 4.75. The maximum Gasteiger partial charge on any atom is 0.416 e. The van der Waals surface area contributed by atoms with Crippen molar-refractivity contribution in [2.24, 2.45) is 0 Å². The summed E-state index contributed by atoms with van der Waals surface area (Å²) in [7, 11) is 1.97. The summed E-state index contributed by atoms with van der Waals surface area (Å²) in [5.41, 5.74) is -0.366. The highest BCUT2D eigenvalue weighted by Crippen LogP contribution is 2.31. The fourth-order valence-corrected chi connectivity index (χ4v) is 3.07. The summed E-state index contributed by atoms with van der Waals surface area (Å²) in [5, 5.41) is 14.0. The molecule has 0 atom stereocenters. The minimum Gasteiger partial charge on any atom is -0.363 e. The molecule has 1 aliphatic rings. The van der Waals surface area contributed by atoms with Gasteiger partial charge in [0.15, 0.2) is 0 Å². The highest BCUT2D eigenvalue weighted by Gasteiger charge is 2.30. The number of hydrogen-bond donors (Lipinski definition) is 1. The van der Waals surface area contributed by atoms with Crippen molar-refractivity contribution in [1.29, 1.82) is 0 Å². The normalized spacial score (nSPS) is 15.2. The zero-order chi connectivity index (χ0) is 21.2. The lowest BCUT2D eigenvalue weighted by Crippen LogP contribution is -2.44. The Labute approximate surface area is 164 Å². The monoisotopic (exact) mass is 408 g/mol. The van der Waals surface area contributed by atoms with Crippen LogP contribution >= 0.6 is 0 Å². The Kier molecular flexibility index (Phi) is 5.73. The number of nitro benzene ring substituents is 1. The minimum absolute atomic E-state index is 0.0504. The number of rotatable bonds is 4. The molecule has 1 fully saturated rings. The maximum absolute atomic E-state index is 12.6. The third kappa shape index (κ3) is 4.83. The van der Waals surface area contributed by atoms with Crippen molar-refractivity contribution < 1.29 is 22.9 Å². The van der Waals surface area contributed by atoms with E-state index in [0.717, 1.165) is 37.4 Å². The number of piperazine rings is 1. The van der Waals surface area contributed by atoms with Crippen LogP contribution in [0.2, 0.25) is 0 Å². The van der Waals surface area contributed by atoms with E-state index in [0.29, 0.717) is 18.8 Å². The molecule has 10 heteroatoms. The largest absolute Gasteiger partial charge is 0.416 e. The number of nitrogens with one attached hydrogen (secondary N) is 1. The molecule has 2 aromatic carbocycles. The molecule has 1 amide bonds. The number of anilines is 2. The van der Waals surface area contributed by atoms with Gasteiger partial charge in [0.2, 0.25) is 0 Å². The molecule has 0 saturated carbocycles. The van der Waals surface area contributed by atoms with Gasteiger partial charge in [-0.05, 0) is 43.4 Å². The number of halogens is 3. The molecule has 0 aromatic heterocycles. The molecule has 2 aromatic rings. The molecule has 0 aliphatic carbocycles. The quantitative estimate of drug-likeness (QED) is 0.618. The van der Waals surface area contributed by atoms with Gasteiger partial charge in [0.1, 0.15) is 5.69 Å². The van der Waals surface area contributed by atoms with Gasteiger partial charge in [-0.2, -0.15) is 13.2 Å². The van der Waals surface area contributed by atoms with Crippen molar-refractivity contribution in [2.75, 3.05) is 43.4 Å². The van der Waals surface area contributed by atoms with E-state index in [9.17, 15) is 28.1 Å². The zero-order valence-electron chi connectivity index (χ0n) is 15.6. The number of carbonyl (C=O) groups is 1. The molecule has 0 radical (unpaired) electrons. The van der Waals surface area contributed by atoms with E-state index in [2.05, 4.69) is 10.2 Å². The van der Waals surface area contributed by atoms with Gasteiger partial charge in [0.05, 0.1) is 10.5 Å². The molecule has 29 heavy (non-hydrogen) atoms. The summed E-state index contributed by atoms with van der Waals surface area (Å²) in [5.74, 6) is -0.641. The van der Waals surface area contributed by atoms with E-state index in [1.807, 2.05) is 11.9 Å². The maximum atomic E-state index is 12.6. The van der Waals surface area contributed by atoms with Crippen LogP contribution in [0.5, 0.6) is 0 Å². The molecule has 1 heterocycles. The summed E-state index contributed by atoms with van der Waals surface area (Å²) in [6.07, 6.45) is -4.47. The van der Waals surface area contributed by atoms with Crippen LogP contribution in [0.3, 0.4) is 0 Å². The van der Waals surface area contributed by atoms with Crippen LogP contribution in [-0.2, 0) is 6.18 Å². The van der Waals surface area contributed by atoms with E-state index in [-0.39, 0.29) is 16.9 Å². The minimum atomic E-state index is -4.47. The Balaban J connectivity index is 1.79. The van der Waals surface area contributed by atoms with Crippen LogP contribution in [0.1, 0.15) is 15.9 Å². The van der Waals surface area contributed by atoms with E-state index >= 15 is 0 Å². The first kappa shape index (κ1) is 20.6. The van der Waals surface area contributed by atoms with Crippen LogP contribution in [0, 0.1) is 10.1 Å². The predicted octanol–water partition coefficient (Wildman–Crippen LogP) is 3.62. The summed E-state index contributed by atoms with van der Waals surface area (Å²) < 4.78 is 37.9. The zero-order valence-corrected chi connectivity index (χ0v) is 15.6. The van der Waals surface area contributed by atoms with Gasteiger partial charge in [-0.3, -0.25) is 14.9 Å². The topological polar surface area (TPSA) is 78.7 Å². The van der Waals surface area contributed by atoms with Gasteiger partial charge in [-0.25, -0.2) is 0 Å². The molecule has 1 aliphatic heterocycles. The molecule has 7 nitrogen and oxygen atoms in total. The summed E-state index contributed by atoms with van der Waals surface area (Å²) in [6, 6.07) is 8.17. The number of hydrogen-bond acceptors (Lipinski definition) is 5. The van der Waals surface area contributed by atoms with E-state index in [1.165, 1.54) is 18.2 Å². The van der Waals surface area contributed by atoms with Crippen LogP contribution in [0.25, 0.3) is 0 Å². The van der Waals surface area contributed by atoms with Crippen molar-refractivity contribution in [3.05, 3.63) is 63.7 Å². The molecule has 1 saturated heterocycles. The predicted molar refractivity (Wildman–Crippen MR) is 102 cm³/mol. The average molecular weight is 408 g/mol. The van der Waals surface area contributed by atoms with Gasteiger partial charge in [0.25, 0.3) is 11.6 Å². The smallest absolute Gasteiger partial charge is 0.363 e. The van der Waals surface area contributed by atoms with Gasteiger partial charge < -0.3 is 15.1 Å². The van der Waals surface area contributed by atoms with Gasteiger partial charge in [-0.15, -0.1) is 0 Å². The molecule has 1 N–H and O–H groups in total. The van der Waals surface area contributed by atoms with Crippen molar-refractivity contribution in [1.82, 2.24) is 4.90 Å². The fraction of sp³-hybridized carbons (Fsp3) is 0.316. The first-order valence-corrected chi connectivity index (χ1v) is 8.85. The first-order chi connectivity index (χ1) is 13.6. The van der Waals surface area contributed by atoms with Crippen molar-refractivity contribution in [2.45, 2.75) is 6.18 Å². The number of alkyl halides is 3. The third-order valence-electron chi connectivity index (χ3n) is 4.75. The number of carbonyl (C=O) groups excluding carboxylic acids is 1. The highest BCUT2D eigenvalue weighted by molar-refractivity contribution is 6.05. The molecule has 0 unspecified atom stereocenters. The average Bonchev–Trinajstić information content (AvgIpc) is 2.68. The standard InChI is InChI=1S/C19H19F3N4O3/c1-24-8-10-25(11-9-24)16-7-2-13(12-17(16)26(28)29)18(27)23-15-5-3-14(4-6-15)19(20,21)22/h2-7,12H,8-11H2,1H3,(H,23,27). The van der Waals surface area contributed by atoms with Crippen LogP contribution in [0.4, 0.5) is 30.2 Å². The van der Waals surface area contributed by atoms with Gasteiger partial charge >= 0.3 is 6.18 Å². The molecule has 154 valence electrons. The first-order valence-electron chi connectivity index (χ1n) is 8.85. The molecule has 3 rings (SSSR count). The molecule has 0 spiro atoms. The van der Waals surface area contributed by atoms with Crippen LogP contribution in [-0.4, -0.2) is 49.0 Å². The molecular weight excluding hydrogens is 389 g/mol. The fourth-order valence-electron chi connectivity index (χ4n) is 3.07. The second-order valence-corrected chi connectivity index (χ2v) is 6.78. The Hall–Kier alpha value is -3.14. The lowest BCUT2D eigenvalue weighted by Gasteiger charge is -2.33. The summed E-state index contributed by atoms with van der Waals surface area (Å²) in [4.78, 5) is 27.4. The number of nitrogens with zero attached hydrogens (tertiary/aromatic N) is 3. The SMILES string of the molecule is CN1CCN(c2ccc(C(=O)Nc3ccc(C(F)(F)F)cc3)cc2[N+](=O)[O-])CC1. The lowest BCUT2D eigenvalue weighted by atomic mass is 10.1. The second-order valence-electron chi connectivity index (χ2n) is 6.78. The number of likely N-dealkylation sites (N-methyl/N-ethyl adjacent to an activating group) is 1. The van der Waals surface area contributed by atoms with Crippen molar-refractivity contribution in [3.8, 4) is 0 Å². The van der Waals surface area contributed by atoms with Crippen molar-refractivity contribution >= 4 is 23.0 Å². The number of nitro groups is 1. The Morgan fingerprint density at radius 3 is 2.24 bits per heavy atom. The highest BCUT2D eigenvalue weighted by atomic mass is 19.4. The number of benzene rings is 2. The Morgan fingerprint density at radius 1 is 1.07 bits per heavy atom. The van der Waals surface area contributed by atoms with E-state index in [4.69, 9.17) is 0 Å². The van der Waals surface area contributed by atoms with Gasteiger partial charge in [0, 0.05) is 43.5 Å². The number of amides is 1. The van der Waals surface area contributed by atoms with Gasteiger partial charge in [-0.1, -0.05) is 0 Å². The lowest BCUT2D eigenvalue weighted by molar-refractivity contribution is -0.384. The summed E-state index contributed by atoms with van der Waals surface area (Å²) >= 11 is 0. The van der Waals surface area contributed by atoms with Crippen molar-refractivity contribution in [3.63, 3.8) is 0 Å². The van der Waals surface area contributed by atoms with E-state index < -0.39 is 22.6 Å². The van der Waals surface area contributed by atoms with Crippen LogP contribution < -0.4 is 10.2 Å². The molecule has 0 bridgehead atoms. The van der Waals surface area contributed by atoms with Crippen LogP contribution in [0.15, 0.2) is 42.5 Å². The summed E-state index contributed by atoms with van der Waals surface area (Å²) in [6.45, 7) is 2.81. The Morgan fingerprint density at radius 2 is 1.69 bits per heavy atom. The Bertz CT molecular complexity index is 908. The van der Waals surface area contributed by atoms with E-state index in [1.54, 1.807) is 0 Å². The second kappa shape index (κ2) is 8.08.